The third-order valence-corrected chi connectivity index (χ3v) is 6.54. The van der Waals surface area contributed by atoms with Gasteiger partial charge in [0, 0.05) is 24.0 Å². The van der Waals surface area contributed by atoms with E-state index < -0.39 is 11.7 Å². The molecule has 0 aliphatic carbocycles. The van der Waals surface area contributed by atoms with E-state index in [-0.39, 0.29) is 29.0 Å². The van der Waals surface area contributed by atoms with Gasteiger partial charge in [0.05, 0.1) is 28.8 Å². The molecule has 0 saturated carbocycles. The number of primary amides is 1. The molecule has 1 fully saturated rings. The fraction of sp³-hybridized carbons (Fsp3) is 0.261. The van der Waals surface area contributed by atoms with Gasteiger partial charge < -0.3 is 25.8 Å². The van der Waals surface area contributed by atoms with Crippen molar-refractivity contribution in [1.82, 2.24) is 9.97 Å². The lowest BCUT2D eigenvalue weighted by Gasteiger charge is -2.18. The minimum Gasteiger partial charge on any atom is -0.494 e. The van der Waals surface area contributed by atoms with Crippen LogP contribution in [0, 0.1) is 5.82 Å². The molecule has 4 rings (SSSR count). The van der Waals surface area contributed by atoms with Gasteiger partial charge in [-0.3, -0.25) is 4.79 Å². The van der Waals surface area contributed by atoms with E-state index in [1.807, 2.05) is 4.90 Å². The average Bonchev–Trinajstić information content (AvgIpc) is 3.25. The average molecular weight is 504 g/mol. The Bertz CT molecular complexity index is 1220. The zero-order valence-electron chi connectivity index (χ0n) is 18.3. The summed E-state index contributed by atoms with van der Waals surface area (Å²) >= 11 is 7.53. The van der Waals surface area contributed by atoms with Crippen molar-refractivity contribution in [2.24, 2.45) is 11.5 Å². The van der Waals surface area contributed by atoms with Crippen molar-refractivity contribution in [1.29, 1.82) is 0 Å². The van der Waals surface area contributed by atoms with Crippen LogP contribution < -0.4 is 25.8 Å². The lowest BCUT2D eigenvalue weighted by Crippen LogP contribution is -2.27. The van der Waals surface area contributed by atoms with E-state index in [2.05, 4.69) is 9.97 Å². The molecule has 11 heteroatoms. The lowest BCUT2D eigenvalue weighted by atomic mass is 10.2. The molecule has 4 N–H and O–H groups in total. The third kappa shape index (κ3) is 5.52. The summed E-state index contributed by atoms with van der Waals surface area (Å²) < 4.78 is 24.9. The number of carbonyl (C=O) groups is 1. The predicted molar refractivity (Wildman–Crippen MR) is 128 cm³/mol. The van der Waals surface area contributed by atoms with Crippen molar-refractivity contribution in [3.63, 3.8) is 0 Å². The van der Waals surface area contributed by atoms with Gasteiger partial charge in [0.15, 0.2) is 11.6 Å². The van der Waals surface area contributed by atoms with Crippen LogP contribution in [0.25, 0.3) is 0 Å². The molecule has 34 heavy (non-hydrogen) atoms. The number of hydrogen-bond donors (Lipinski definition) is 2. The van der Waals surface area contributed by atoms with Crippen molar-refractivity contribution in [3.8, 4) is 11.6 Å². The number of halogens is 2. The van der Waals surface area contributed by atoms with E-state index in [4.69, 9.17) is 32.5 Å². The number of amides is 1. The van der Waals surface area contributed by atoms with Crippen LogP contribution in [0.1, 0.15) is 22.3 Å². The minimum absolute atomic E-state index is 0.0691. The van der Waals surface area contributed by atoms with Gasteiger partial charge in [-0.25, -0.2) is 9.37 Å². The van der Waals surface area contributed by atoms with Crippen LogP contribution in [0.4, 0.5) is 10.3 Å². The normalized spacial score (nSPS) is 15.4. The Morgan fingerprint density at radius 3 is 2.82 bits per heavy atom. The summed E-state index contributed by atoms with van der Waals surface area (Å²) in [5.74, 6) is -0.0421. The summed E-state index contributed by atoms with van der Waals surface area (Å²) in [4.78, 5) is 24.0. The van der Waals surface area contributed by atoms with Crippen LogP contribution in [0.3, 0.4) is 0 Å². The smallest absolute Gasteiger partial charge is 0.250 e. The van der Waals surface area contributed by atoms with Crippen LogP contribution >= 0.6 is 23.4 Å². The first-order chi connectivity index (χ1) is 16.3. The number of ether oxygens (including phenoxy) is 2. The summed E-state index contributed by atoms with van der Waals surface area (Å²) in [6.45, 7) is 1.55. The number of nitrogens with two attached hydrogens (primary N) is 2. The Morgan fingerprint density at radius 2 is 2.15 bits per heavy atom. The molecule has 1 atom stereocenters. The molecule has 1 aliphatic heterocycles. The SMILES string of the molecule is COc1cc(COc2nc(N3CC[C@@H](N)C3)ncc2Sc2ccc(C(N)=O)c(Cl)c2)ccc1F. The monoisotopic (exact) mass is 503 g/mol. The van der Waals surface area contributed by atoms with Crippen LogP contribution in [-0.2, 0) is 6.61 Å². The highest BCUT2D eigenvalue weighted by molar-refractivity contribution is 7.99. The summed E-state index contributed by atoms with van der Waals surface area (Å²) in [6.07, 6.45) is 2.53. The van der Waals surface area contributed by atoms with Crippen LogP contribution in [-0.4, -0.2) is 42.1 Å². The molecular formula is C23H23ClFN5O3S. The van der Waals surface area contributed by atoms with Crippen LogP contribution in [0.15, 0.2) is 52.4 Å². The second kappa shape index (κ2) is 10.5. The number of aromatic nitrogens is 2. The number of hydrogen-bond acceptors (Lipinski definition) is 8. The number of anilines is 1. The summed E-state index contributed by atoms with van der Waals surface area (Å²) in [5.41, 5.74) is 12.3. The Labute approximate surface area is 205 Å². The Morgan fingerprint density at radius 1 is 1.32 bits per heavy atom. The molecule has 1 aromatic heterocycles. The first-order valence-electron chi connectivity index (χ1n) is 10.4. The maximum absolute atomic E-state index is 13.8. The lowest BCUT2D eigenvalue weighted by molar-refractivity contribution is 0.100. The highest BCUT2D eigenvalue weighted by Crippen LogP contribution is 2.36. The molecule has 2 heterocycles. The predicted octanol–water partition coefficient (Wildman–Crippen LogP) is 3.64. The first-order valence-corrected chi connectivity index (χ1v) is 11.6. The van der Waals surface area contributed by atoms with E-state index >= 15 is 0 Å². The summed E-state index contributed by atoms with van der Waals surface area (Å²) in [7, 11) is 1.41. The van der Waals surface area contributed by atoms with Crippen LogP contribution in [0.2, 0.25) is 5.02 Å². The van der Waals surface area contributed by atoms with Gasteiger partial charge in [-0.05, 0) is 42.3 Å². The second-order valence-corrected chi connectivity index (χ2v) is 9.22. The van der Waals surface area contributed by atoms with E-state index in [0.29, 0.717) is 28.8 Å². The van der Waals surface area contributed by atoms with E-state index in [9.17, 15) is 9.18 Å². The number of methoxy groups -OCH3 is 1. The highest BCUT2D eigenvalue weighted by Gasteiger charge is 2.23. The first kappa shape index (κ1) is 24.1. The number of benzene rings is 2. The van der Waals surface area contributed by atoms with Gasteiger partial charge >= 0.3 is 0 Å². The standard InChI is InChI=1S/C23H23ClFN5O3S/c1-32-19-8-13(2-5-18(19)25)12-33-22-20(10-28-23(29-22)30-7-6-14(26)11-30)34-15-3-4-16(21(27)31)17(24)9-15/h2-5,8-10,14H,6-7,11-12,26H2,1H3,(H2,27,31)/t14-/m1/s1. The largest absolute Gasteiger partial charge is 0.494 e. The molecule has 178 valence electrons. The number of nitrogens with zero attached hydrogens (tertiary/aromatic N) is 3. The molecule has 1 aliphatic rings. The van der Waals surface area contributed by atoms with Crippen molar-refractivity contribution in [3.05, 3.63) is 64.6 Å². The van der Waals surface area contributed by atoms with E-state index in [1.165, 1.54) is 24.9 Å². The molecule has 0 unspecified atom stereocenters. The fourth-order valence-corrected chi connectivity index (χ4v) is 4.68. The summed E-state index contributed by atoms with van der Waals surface area (Å²) in [5, 5.41) is 0.252. The van der Waals surface area contributed by atoms with Crippen molar-refractivity contribution in [2.75, 3.05) is 25.1 Å². The number of rotatable bonds is 8. The summed E-state index contributed by atoms with van der Waals surface area (Å²) in [6, 6.07) is 9.54. The third-order valence-electron chi connectivity index (χ3n) is 5.24. The van der Waals surface area contributed by atoms with Crippen molar-refractivity contribution >= 4 is 35.2 Å². The molecule has 8 nitrogen and oxygen atoms in total. The Hall–Kier alpha value is -3.08. The molecular weight excluding hydrogens is 481 g/mol. The molecule has 3 aromatic rings. The molecule has 1 amide bonds. The van der Waals surface area contributed by atoms with Gasteiger partial charge in [-0.2, -0.15) is 4.98 Å². The van der Waals surface area contributed by atoms with Gasteiger partial charge in [-0.1, -0.05) is 29.4 Å². The Kier molecular flexibility index (Phi) is 7.40. The molecule has 0 spiro atoms. The maximum atomic E-state index is 13.8. The minimum atomic E-state index is -0.600. The van der Waals surface area contributed by atoms with Gasteiger partial charge in [0.2, 0.25) is 17.7 Å². The van der Waals surface area contributed by atoms with Gasteiger partial charge in [-0.15, -0.1) is 0 Å². The molecule has 1 saturated heterocycles. The zero-order valence-corrected chi connectivity index (χ0v) is 19.9. The van der Waals surface area contributed by atoms with Crippen molar-refractivity contribution in [2.45, 2.75) is 28.9 Å². The molecule has 0 bridgehead atoms. The van der Waals surface area contributed by atoms with Gasteiger partial charge in [0.25, 0.3) is 0 Å². The van der Waals surface area contributed by atoms with Gasteiger partial charge in [0.1, 0.15) is 6.61 Å². The van der Waals surface area contributed by atoms with Crippen molar-refractivity contribution < 1.29 is 18.7 Å². The maximum Gasteiger partial charge on any atom is 0.250 e. The number of carbonyl (C=O) groups excluding carboxylic acids is 1. The second-order valence-electron chi connectivity index (χ2n) is 7.70. The van der Waals surface area contributed by atoms with E-state index in [1.54, 1.807) is 36.5 Å². The van der Waals surface area contributed by atoms with E-state index in [0.717, 1.165) is 17.9 Å². The van der Waals surface area contributed by atoms with Crippen LogP contribution in [0.5, 0.6) is 11.6 Å². The Balaban J connectivity index is 1.61. The zero-order chi connectivity index (χ0) is 24.2. The molecule has 0 radical (unpaired) electrons. The quantitative estimate of drug-likeness (QED) is 0.478. The highest BCUT2D eigenvalue weighted by atomic mass is 35.5. The fourth-order valence-electron chi connectivity index (χ4n) is 3.47. The topological polar surface area (TPSA) is 117 Å². The molecule has 2 aromatic carbocycles.